The van der Waals surface area contributed by atoms with Crippen LogP contribution in [0.4, 0.5) is 5.69 Å². The Labute approximate surface area is 199 Å². The SMILES string of the molecule is C[N+](O)(CCCl)CCCl.N[C@@H](Cc1ccc(N(CCCl)CCCl)cc1)C(=O)O.[Cl-]. The Balaban J connectivity index is 0. The van der Waals surface area contributed by atoms with Gasteiger partial charge in [-0.2, -0.15) is 4.65 Å². The molecule has 4 N–H and O–H groups in total. The largest absolute Gasteiger partial charge is 1.00 e. The average Bonchev–Trinajstić information content (AvgIpc) is 2.62. The first-order valence-electron chi connectivity index (χ1n) is 8.84. The molecule has 0 aliphatic rings. The fraction of sp³-hybridized carbons (Fsp3) is 0.611. The Hall–Kier alpha value is -0.180. The second-order valence-electron chi connectivity index (χ2n) is 6.34. The summed E-state index contributed by atoms with van der Waals surface area (Å²) in [4.78, 5) is 12.8. The molecule has 1 atom stereocenters. The van der Waals surface area contributed by atoms with E-state index >= 15 is 0 Å². The van der Waals surface area contributed by atoms with E-state index in [4.69, 9.17) is 57.2 Å². The maximum absolute atomic E-state index is 10.7. The van der Waals surface area contributed by atoms with Crippen molar-refractivity contribution in [3.63, 3.8) is 0 Å². The number of carboxylic acid groups (broad SMARTS) is 1. The van der Waals surface area contributed by atoms with E-state index in [9.17, 15) is 10.0 Å². The van der Waals surface area contributed by atoms with E-state index < -0.39 is 12.0 Å². The van der Waals surface area contributed by atoms with Gasteiger partial charge in [0.15, 0.2) is 0 Å². The molecule has 1 rings (SSSR count). The molecule has 0 amide bonds. The Morgan fingerprint density at radius 2 is 1.48 bits per heavy atom. The zero-order valence-electron chi connectivity index (χ0n) is 16.4. The summed E-state index contributed by atoms with van der Waals surface area (Å²) in [5.74, 6) is 0.994. The smallest absolute Gasteiger partial charge is 0.320 e. The summed E-state index contributed by atoms with van der Waals surface area (Å²) in [5.41, 5.74) is 7.42. The first kappa shape index (κ1) is 31.0. The number of hydrogen-bond donors (Lipinski definition) is 3. The van der Waals surface area contributed by atoms with Crippen molar-refractivity contribution in [3.05, 3.63) is 29.8 Å². The van der Waals surface area contributed by atoms with Gasteiger partial charge < -0.3 is 28.1 Å². The van der Waals surface area contributed by atoms with Crippen molar-refractivity contribution in [2.24, 2.45) is 5.73 Å². The summed E-state index contributed by atoms with van der Waals surface area (Å²) >= 11 is 22.3. The van der Waals surface area contributed by atoms with Crippen LogP contribution < -0.4 is 23.0 Å². The summed E-state index contributed by atoms with van der Waals surface area (Å²) in [6, 6.07) is 6.76. The lowest BCUT2D eigenvalue weighted by molar-refractivity contribution is -1.08. The molecule has 0 aromatic heterocycles. The van der Waals surface area contributed by atoms with Crippen LogP contribution in [0.25, 0.3) is 0 Å². The molecule has 0 radical (unpaired) electrons. The molecule has 11 heteroatoms. The van der Waals surface area contributed by atoms with Gasteiger partial charge >= 0.3 is 5.97 Å². The average molecular weight is 514 g/mol. The van der Waals surface area contributed by atoms with E-state index in [1.165, 1.54) is 0 Å². The second-order valence-corrected chi connectivity index (χ2v) is 7.86. The van der Waals surface area contributed by atoms with E-state index in [0.29, 0.717) is 43.0 Å². The third kappa shape index (κ3) is 14.5. The molecule has 1 aromatic carbocycles. The highest BCUT2D eigenvalue weighted by atomic mass is 35.5. The Bertz CT molecular complexity index is 536. The standard InChI is InChI=1S/C13H18Cl2N2O2.C5H12Cl2NO.ClH/c14-5-7-17(8-6-15)11-3-1-10(2-4-11)9-12(16)13(18)19;1-8(9,4-2-6)5-3-7;/h1-4,12H,5-9,16H2,(H,18,19);9H,2-5H2,1H3;1H/q;+1;/p-1/t12-;;/m0../s1. The van der Waals surface area contributed by atoms with Crippen molar-refractivity contribution in [2.45, 2.75) is 12.5 Å². The number of aliphatic carboxylic acids is 1. The fourth-order valence-electron chi connectivity index (χ4n) is 2.23. The number of quaternary nitrogens is 1. The van der Waals surface area contributed by atoms with Crippen LogP contribution in [0.2, 0.25) is 0 Å². The van der Waals surface area contributed by atoms with Crippen molar-refractivity contribution < 1.29 is 32.2 Å². The van der Waals surface area contributed by atoms with Gasteiger partial charge in [0, 0.05) is 30.5 Å². The van der Waals surface area contributed by atoms with Gasteiger partial charge in [-0.05, 0) is 24.1 Å². The number of nitrogens with two attached hydrogens (primary N) is 1. The Kier molecular flexibility index (Phi) is 18.7. The Morgan fingerprint density at radius 1 is 1.03 bits per heavy atom. The van der Waals surface area contributed by atoms with Gasteiger partial charge in [-0.15, -0.1) is 46.4 Å². The van der Waals surface area contributed by atoms with Gasteiger partial charge in [0.2, 0.25) is 0 Å². The van der Waals surface area contributed by atoms with Crippen molar-refractivity contribution in [1.29, 1.82) is 0 Å². The van der Waals surface area contributed by atoms with Crippen LogP contribution in [0, 0.1) is 0 Å². The highest BCUT2D eigenvalue weighted by Gasteiger charge is 2.15. The van der Waals surface area contributed by atoms with E-state index in [1.807, 2.05) is 24.3 Å². The number of hydrogen-bond acceptors (Lipinski definition) is 4. The number of rotatable bonds is 12. The van der Waals surface area contributed by atoms with Crippen LogP contribution in [0.15, 0.2) is 24.3 Å². The lowest BCUT2D eigenvalue weighted by Crippen LogP contribution is -3.00. The number of anilines is 1. The molecule has 0 aliphatic heterocycles. The quantitative estimate of drug-likeness (QED) is 0.212. The number of carboxylic acids is 1. The summed E-state index contributed by atoms with van der Waals surface area (Å²) < 4.78 is -0.0764. The minimum absolute atomic E-state index is 0. The maximum atomic E-state index is 10.7. The van der Waals surface area contributed by atoms with Crippen molar-refractivity contribution in [3.8, 4) is 0 Å². The van der Waals surface area contributed by atoms with Crippen LogP contribution in [0.1, 0.15) is 5.56 Å². The first-order valence-corrected chi connectivity index (χ1v) is 11.0. The lowest BCUT2D eigenvalue weighted by atomic mass is 10.1. The number of nitrogens with zero attached hydrogens (tertiary/aromatic N) is 2. The molecular formula is C18H30Cl5N3O3. The van der Waals surface area contributed by atoms with Gasteiger partial charge in [-0.1, -0.05) is 12.1 Å². The molecule has 0 heterocycles. The predicted molar refractivity (Wildman–Crippen MR) is 119 cm³/mol. The summed E-state index contributed by atoms with van der Waals surface area (Å²) in [6.07, 6.45) is 0.320. The monoisotopic (exact) mass is 511 g/mol. The second kappa shape index (κ2) is 17.5. The molecule has 0 unspecified atom stereocenters. The Morgan fingerprint density at radius 3 is 1.83 bits per heavy atom. The molecule has 29 heavy (non-hydrogen) atoms. The summed E-state index contributed by atoms with van der Waals surface area (Å²) in [5, 5.41) is 18.0. The first-order chi connectivity index (χ1) is 13.2. The van der Waals surface area contributed by atoms with Crippen LogP contribution in [0.5, 0.6) is 0 Å². The molecule has 0 bridgehead atoms. The van der Waals surface area contributed by atoms with Crippen LogP contribution in [-0.2, 0) is 11.2 Å². The number of hydroxylamine groups is 3. The van der Waals surface area contributed by atoms with Crippen molar-refractivity contribution in [1.82, 2.24) is 0 Å². The minimum atomic E-state index is -0.991. The molecule has 6 nitrogen and oxygen atoms in total. The summed E-state index contributed by atoms with van der Waals surface area (Å²) in [7, 11) is 1.69. The van der Waals surface area contributed by atoms with Gasteiger partial charge in [0.05, 0.1) is 18.8 Å². The molecule has 0 fully saturated rings. The maximum Gasteiger partial charge on any atom is 0.320 e. The minimum Gasteiger partial charge on any atom is -1.00 e. The summed E-state index contributed by atoms with van der Waals surface area (Å²) in [6.45, 7) is 2.55. The highest BCUT2D eigenvalue weighted by molar-refractivity contribution is 6.19. The van der Waals surface area contributed by atoms with Crippen molar-refractivity contribution in [2.75, 3.05) is 61.6 Å². The third-order valence-electron chi connectivity index (χ3n) is 3.92. The zero-order valence-corrected chi connectivity index (χ0v) is 20.2. The van der Waals surface area contributed by atoms with Crippen LogP contribution >= 0.6 is 46.4 Å². The van der Waals surface area contributed by atoms with Gasteiger partial charge in [0.25, 0.3) is 0 Å². The number of carbonyl (C=O) groups is 1. The molecule has 0 spiro atoms. The van der Waals surface area contributed by atoms with Crippen LogP contribution in [-0.4, -0.2) is 83.7 Å². The number of halogens is 5. The molecule has 1 aromatic rings. The van der Waals surface area contributed by atoms with E-state index in [1.54, 1.807) is 7.05 Å². The topological polar surface area (TPSA) is 86.8 Å². The predicted octanol–water partition coefficient (Wildman–Crippen LogP) is 0.229. The van der Waals surface area contributed by atoms with Gasteiger partial charge in [-0.3, -0.25) is 4.79 Å². The number of benzene rings is 1. The van der Waals surface area contributed by atoms with Gasteiger partial charge in [0.1, 0.15) is 19.1 Å². The molecule has 170 valence electrons. The fourth-order valence-corrected chi connectivity index (χ4v) is 3.37. The zero-order chi connectivity index (χ0) is 21.6. The van der Waals surface area contributed by atoms with Crippen molar-refractivity contribution >= 4 is 58.1 Å². The van der Waals surface area contributed by atoms with E-state index in [2.05, 4.69) is 4.90 Å². The highest BCUT2D eigenvalue weighted by Crippen LogP contribution is 2.16. The van der Waals surface area contributed by atoms with Gasteiger partial charge in [-0.25, -0.2) is 5.21 Å². The normalized spacial score (nSPS) is 11.7. The molecule has 0 saturated carbocycles. The third-order valence-corrected chi connectivity index (χ3v) is 4.59. The molecule has 0 saturated heterocycles. The van der Waals surface area contributed by atoms with E-state index in [0.717, 1.165) is 24.3 Å². The molecular weight excluding hydrogens is 483 g/mol. The lowest BCUT2D eigenvalue weighted by Gasteiger charge is -2.23. The van der Waals surface area contributed by atoms with Crippen LogP contribution in [0.3, 0.4) is 0 Å². The number of alkyl halides is 4. The van der Waals surface area contributed by atoms with E-state index in [-0.39, 0.29) is 17.1 Å². The molecule has 0 aliphatic carbocycles.